The Hall–Kier alpha value is -3.34. The van der Waals surface area contributed by atoms with E-state index in [0.29, 0.717) is 11.3 Å². The average Bonchev–Trinajstić information content (AvgIpc) is 2.62. The van der Waals surface area contributed by atoms with E-state index in [9.17, 15) is 9.90 Å². The minimum Gasteiger partial charge on any atom is -0.508 e. The second kappa shape index (κ2) is 6.83. The first kappa shape index (κ1) is 15.6. The summed E-state index contributed by atoms with van der Waals surface area (Å²) in [5, 5.41) is 15.1. The van der Waals surface area contributed by atoms with Gasteiger partial charge in [0.05, 0.1) is 18.9 Å². The van der Waals surface area contributed by atoms with Gasteiger partial charge in [0, 0.05) is 0 Å². The number of ether oxygens (including phenoxy) is 1. The van der Waals surface area contributed by atoms with Crippen LogP contribution in [0.25, 0.3) is 10.8 Å². The maximum atomic E-state index is 12.4. The monoisotopic (exact) mass is 320 g/mol. The van der Waals surface area contributed by atoms with Gasteiger partial charge >= 0.3 is 0 Å². The third-order valence-corrected chi connectivity index (χ3v) is 3.59. The number of phenolic OH excluding ortho intramolecular Hbond substituents is 1. The number of aromatic hydroxyl groups is 1. The lowest BCUT2D eigenvalue weighted by Crippen LogP contribution is -2.18. The van der Waals surface area contributed by atoms with Crippen molar-refractivity contribution in [2.24, 2.45) is 5.10 Å². The first-order valence-electron chi connectivity index (χ1n) is 7.36. The van der Waals surface area contributed by atoms with Gasteiger partial charge in [-0.2, -0.15) is 5.10 Å². The number of carbonyl (C=O) groups excluding carboxylic acids is 1. The lowest BCUT2D eigenvalue weighted by atomic mass is 10.1. The second-order valence-electron chi connectivity index (χ2n) is 5.19. The number of phenols is 1. The number of rotatable bonds is 4. The van der Waals surface area contributed by atoms with Crippen LogP contribution in [0.15, 0.2) is 65.8 Å². The van der Waals surface area contributed by atoms with E-state index in [1.165, 1.54) is 13.3 Å². The fourth-order valence-corrected chi connectivity index (χ4v) is 2.35. The Morgan fingerprint density at radius 3 is 2.42 bits per heavy atom. The van der Waals surface area contributed by atoms with Gasteiger partial charge in [-0.05, 0) is 52.7 Å². The Bertz CT molecular complexity index is 902. The maximum Gasteiger partial charge on any atom is 0.275 e. The molecule has 0 heterocycles. The molecule has 5 heteroatoms. The number of methoxy groups -OCH3 is 1. The molecule has 0 aliphatic rings. The molecule has 5 nitrogen and oxygen atoms in total. The summed E-state index contributed by atoms with van der Waals surface area (Å²) in [7, 11) is 1.53. The molecule has 0 saturated heterocycles. The van der Waals surface area contributed by atoms with Gasteiger partial charge in [0.2, 0.25) is 0 Å². The molecule has 0 unspecified atom stereocenters. The van der Waals surface area contributed by atoms with Crippen molar-refractivity contribution in [3.8, 4) is 11.5 Å². The number of amides is 1. The van der Waals surface area contributed by atoms with E-state index in [4.69, 9.17) is 4.74 Å². The molecule has 0 spiro atoms. The highest BCUT2D eigenvalue weighted by Gasteiger charge is 2.13. The van der Waals surface area contributed by atoms with Crippen molar-refractivity contribution in [3.63, 3.8) is 0 Å². The van der Waals surface area contributed by atoms with Gasteiger partial charge in [-0.15, -0.1) is 0 Å². The van der Waals surface area contributed by atoms with Crippen LogP contribution in [0.5, 0.6) is 11.5 Å². The second-order valence-corrected chi connectivity index (χ2v) is 5.19. The number of hydrazone groups is 1. The Kier molecular flexibility index (Phi) is 4.43. The molecular formula is C19H16N2O3. The summed E-state index contributed by atoms with van der Waals surface area (Å²) in [6, 6.07) is 17.8. The van der Waals surface area contributed by atoms with Gasteiger partial charge in [0.1, 0.15) is 11.5 Å². The third-order valence-electron chi connectivity index (χ3n) is 3.59. The summed E-state index contributed by atoms with van der Waals surface area (Å²) in [5.74, 6) is 0.316. The topological polar surface area (TPSA) is 70.9 Å². The highest BCUT2D eigenvalue weighted by Crippen LogP contribution is 2.25. The first-order chi connectivity index (χ1) is 11.7. The molecule has 0 aliphatic heterocycles. The Morgan fingerprint density at radius 1 is 1.08 bits per heavy atom. The molecule has 1 amide bonds. The lowest BCUT2D eigenvalue weighted by molar-refractivity contribution is 0.0952. The fraction of sp³-hybridized carbons (Fsp3) is 0.0526. The van der Waals surface area contributed by atoms with Crippen LogP contribution in [0, 0.1) is 0 Å². The summed E-state index contributed by atoms with van der Waals surface area (Å²) in [4.78, 5) is 12.4. The molecule has 0 radical (unpaired) electrons. The van der Waals surface area contributed by atoms with Gasteiger partial charge in [-0.1, -0.05) is 24.3 Å². The molecule has 0 aromatic heterocycles. The quantitative estimate of drug-likeness (QED) is 0.572. The maximum absolute atomic E-state index is 12.4. The molecule has 0 saturated carbocycles. The lowest BCUT2D eigenvalue weighted by Gasteiger charge is -2.09. The van der Waals surface area contributed by atoms with Crippen molar-refractivity contribution < 1.29 is 14.6 Å². The van der Waals surface area contributed by atoms with Crippen LogP contribution in [0.2, 0.25) is 0 Å². The van der Waals surface area contributed by atoms with Crippen molar-refractivity contribution in [3.05, 3.63) is 71.8 Å². The van der Waals surface area contributed by atoms with Crippen molar-refractivity contribution >= 4 is 22.9 Å². The molecule has 0 bridgehead atoms. The van der Waals surface area contributed by atoms with E-state index < -0.39 is 0 Å². The van der Waals surface area contributed by atoms with Crippen LogP contribution in [0.1, 0.15) is 15.9 Å². The normalized spacial score (nSPS) is 10.9. The van der Waals surface area contributed by atoms with Crippen molar-refractivity contribution in [2.75, 3.05) is 7.11 Å². The zero-order valence-electron chi connectivity index (χ0n) is 13.1. The summed E-state index contributed by atoms with van der Waals surface area (Å²) in [5.41, 5.74) is 3.67. The highest BCUT2D eigenvalue weighted by atomic mass is 16.5. The molecule has 0 atom stereocenters. The molecule has 0 aliphatic carbocycles. The van der Waals surface area contributed by atoms with E-state index in [0.717, 1.165) is 16.3 Å². The Morgan fingerprint density at radius 2 is 1.75 bits per heavy atom. The number of fused-ring (bicyclic) bond motifs is 1. The van der Waals surface area contributed by atoms with E-state index in [1.54, 1.807) is 30.3 Å². The average molecular weight is 320 g/mol. The summed E-state index contributed by atoms with van der Waals surface area (Å²) in [6.07, 6.45) is 1.50. The first-order valence-corrected chi connectivity index (χ1v) is 7.36. The number of hydrogen-bond donors (Lipinski definition) is 2. The predicted octanol–water partition coefficient (Wildman–Crippen LogP) is 3.32. The number of hydrogen-bond acceptors (Lipinski definition) is 4. The zero-order valence-corrected chi connectivity index (χ0v) is 13.1. The SMILES string of the molecule is COc1cc2ccccc2cc1C(=O)NN=Cc1ccc(O)cc1. The van der Waals surface area contributed by atoms with Crippen LogP contribution >= 0.6 is 0 Å². The van der Waals surface area contributed by atoms with Crippen LogP contribution < -0.4 is 10.2 Å². The number of nitrogens with one attached hydrogen (secondary N) is 1. The van der Waals surface area contributed by atoms with Crippen molar-refractivity contribution in [1.82, 2.24) is 5.43 Å². The van der Waals surface area contributed by atoms with E-state index >= 15 is 0 Å². The fourth-order valence-electron chi connectivity index (χ4n) is 2.35. The van der Waals surface area contributed by atoms with Gasteiger partial charge in [-0.25, -0.2) is 5.43 Å². The molecule has 24 heavy (non-hydrogen) atoms. The highest BCUT2D eigenvalue weighted by molar-refractivity contribution is 6.01. The molecule has 3 aromatic rings. The molecule has 3 rings (SSSR count). The summed E-state index contributed by atoms with van der Waals surface area (Å²) < 4.78 is 5.31. The number of benzene rings is 3. The van der Waals surface area contributed by atoms with Crippen LogP contribution in [-0.2, 0) is 0 Å². The largest absolute Gasteiger partial charge is 0.508 e. The predicted molar refractivity (Wildman–Crippen MR) is 93.7 cm³/mol. The molecular weight excluding hydrogens is 304 g/mol. The van der Waals surface area contributed by atoms with Crippen molar-refractivity contribution in [2.45, 2.75) is 0 Å². The van der Waals surface area contributed by atoms with Crippen molar-refractivity contribution in [1.29, 1.82) is 0 Å². The number of nitrogens with zero attached hydrogens (tertiary/aromatic N) is 1. The zero-order chi connectivity index (χ0) is 16.9. The van der Waals surface area contributed by atoms with Gasteiger partial charge in [0.15, 0.2) is 0 Å². The van der Waals surface area contributed by atoms with Gasteiger partial charge in [0.25, 0.3) is 5.91 Å². The summed E-state index contributed by atoms with van der Waals surface area (Å²) >= 11 is 0. The van der Waals surface area contributed by atoms with Gasteiger partial charge in [-0.3, -0.25) is 4.79 Å². The third kappa shape index (κ3) is 3.35. The minimum atomic E-state index is -0.354. The van der Waals surface area contributed by atoms with E-state index in [-0.39, 0.29) is 11.7 Å². The molecule has 0 fully saturated rings. The molecule has 3 aromatic carbocycles. The standard InChI is InChI=1S/C19H16N2O3/c1-24-18-11-15-5-3-2-4-14(15)10-17(18)19(23)21-20-12-13-6-8-16(22)9-7-13/h2-12,22H,1H3,(H,21,23). The van der Waals surface area contributed by atoms with E-state index in [2.05, 4.69) is 10.5 Å². The molecule has 2 N–H and O–H groups in total. The molecule has 120 valence electrons. The van der Waals surface area contributed by atoms with Crippen LogP contribution in [0.3, 0.4) is 0 Å². The summed E-state index contributed by atoms with van der Waals surface area (Å²) in [6.45, 7) is 0. The Balaban J connectivity index is 1.81. The van der Waals surface area contributed by atoms with Crippen LogP contribution in [-0.4, -0.2) is 24.3 Å². The van der Waals surface area contributed by atoms with Crippen LogP contribution in [0.4, 0.5) is 0 Å². The number of carbonyl (C=O) groups is 1. The minimum absolute atomic E-state index is 0.178. The smallest absolute Gasteiger partial charge is 0.275 e. The Labute approximate surface area is 139 Å². The van der Waals surface area contributed by atoms with E-state index in [1.807, 2.05) is 30.3 Å². The van der Waals surface area contributed by atoms with Gasteiger partial charge < -0.3 is 9.84 Å².